The fraction of sp³-hybridized carbons (Fsp3) is 0.778. The Kier molecular flexibility index (Phi) is 8.12. The molecule has 0 bridgehead atoms. The summed E-state index contributed by atoms with van der Waals surface area (Å²) in [4.78, 5) is 22.2. The van der Waals surface area contributed by atoms with Gasteiger partial charge in [-0.15, -0.1) is 0 Å². The van der Waals surface area contributed by atoms with E-state index in [1.54, 1.807) is 0 Å². The average Bonchev–Trinajstić information content (AvgIpc) is 2.20. The molecule has 0 aromatic heterocycles. The SMILES string of the molecule is CNCCCNC(=O)C(CS)NC(C)=O. The summed E-state index contributed by atoms with van der Waals surface area (Å²) in [6.45, 7) is 2.83. The maximum Gasteiger partial charge on any atom is 0.243 e. The number of hydrogen-bond donors (Lipinski definition) is 4. The Morgan fingerprint density at radius 1 is 1.33 bits per heavy atom. The summed E-state index contributed by atoms with van der Waals surface area (Å²) in [6, 6.07) is -0.541. The highest BCUT2D eigenvalue weighted by atomic mass is 32.1. The van der Waals surface area contributed by atoms with Crippen molar-refractivity contribution in [2.45, 2.75) is 19.4 Å². The quantitative estimate of drug-likeness (QED) is 0.342. The van der Waals surface area contributed by atoms with Gasteiger partial charge in [0.1, 0.15) is 6.04 Å². The molecule has 0 aromatic carbocycles. The van der Waals surface area contributed by atoms with Crippen LogP contribution in [0.5, 0.6) is 0 Å². The normalized spacial score (nSPS) is 11.9. The highest BCUT2D eigenvalue weighted by Crippen LogP contribution is 1.89. The van der Waals surface area contributed by atoms with E-state index in [2.05, 4.69) is 28.6 Å². The molecular formula is C9H19N3O2S. The standard InChI is InChI=1S/C9H19N3O2S/c1-7(13)12-8(6-15)9(14)11-5-3-4-10-2/h8,10,15H,3-6H2,1-2H3,(H,11,14)(H,12,13). The van der Waals surface area contributed by atoms with Crippen LogP contribution in [-0.2, 0) is 9.59 Å². The predicted octanol–water partition coefficient (Wildman–Crippen LogP) is -0.853. The van der Waals surface area contributed by atoms with E-state index in [4.69, 9.17) is 0 Å². The molecule has 0 aliphatic rings. The summed E-state index contributed by atoms with van der Waals surface area (Å²) >= 11 is 4.01. The first-order valence-electron chi connectivity index (χ1n) is 4.92. The first-order chi connectivity index (χ1) is 7.11. The zero-order valence-corrected chi connectivity index (χ0v) is 10.1. The van der Waals surface area contributed by atoms with Gasteiger partial charge in [-0.3, -0.25) is 9.59 Å². The van der Waals surface area contributed by atoms with Crippen LogP contribution in [0.1, 0.15) is 13.3 Å². The van der Waals surface area contributed by atoms with Crippen LogP contribution in [-0.4, -0.2) is 43.7 Å². The van der Waals surface area contributed by atoms with Crippen LogP contribution in [0.3, 0.4) is 0 Å². The third-order valence-corrected chi connectivity index (χ3v) is 2.14. The van der Waals surface area contributed by atoms with Crippen molar-refractivity contribution < 1.29 is 9.59 Å². The summed E-state index contributed by atoms with van der Waals surface area (Å²) in [5.74, 6) is -0.104. The van der Waals surface area contributed by atoms with Crippen molar-refractivity contribution in [3.63, 3.8) is 0 Å². The third-order valence-electron chi connectivity index (χ3n) is 1.78. The van der Waals surface area contributed by atoms with E-state index in [1.807, 2.05) is 7.05 Å². The van der Waals surface area contributed by atoms with Crippen LogP contribution in [0.4, 0.5) is 0 Å². The largest absolute Gasteiger partial charge is 0.354 e. The maximum atomic E-state index is 11.5. The van der Waals surface area contributed by atoms with Crippen molar-refractivity contribution >= 4 is 24.4 Å². The lowest BCUT2D eigenvalue weighted by atomic mass is 10.3. The van der Waals surface area contributed by atoms with E-state index in [-0.39, 0.29) is 11.8 Å². The Morgan fingerprint density at radius 2 is 2.00 bits per heavy atom. The first kappa shape index (κ1) is 14.2. The maximum absolute atomic E-state index is 11.5. The number of carbonyl (C=O) groups is 2. The van der Waals surface area contributed by atoms with Crippen molar-refractivity contribution in [2.75, 3.05) is 25.9 Å². The Labute approximate surface area is 95.8 Å². The van der Waals surface area contributed by atoms with Crippen LogP contribution in [0.2, 0.25) is 0 Å². The van der Waals surface area contributed by atoms with Gasteiger partial charge in [0.25, 0.3) is 0 Å². The number of thiol groups is 1. The molecule has 0 heterocycles. The molecule has 2 amide bonds. The summed E-state index contributed by atoms with van der Waals surface area (Å²) in [7, 11) is 1.86. The molecule has 5 nitrogen and oxygen atoms in total. The van der Waals surface area contributed by atoms with E-state index < -0.39 is 6.04 Å². The first-order valence-corrected chi connectivity index (χ1v) is 5.55. The topological polar surface area (TPSA) is 70.2 Å². The molecule has 6 heteroatoms. The minimum atomic E-state index is -0.541. The van der Waals surface area contributed by atoms with E-state index in [0.29, 0.717) is 12.3 Å². The highest BCUT2D eigenvalue weighted by Gasteiger charge is 2.16. The van der Waals surface area contributed by atoms with Gasteiger partial charge in [-0.1, -0.05) is 0 Å². The lowest BCUT2D eigenvalue weighted by Crippen LogP contribution is -2.47. The summed E-state index contributed by atoms with van der Waals surface area (Å²) < 4.78 is 0. The van der Waals surface area contributed by atoms with E-state index >= 15 is 0 Å². The lowest BCUT2D eigenvalue weighted by molar-refractivity contribution is -0.127. The van der Waals surface area contributed by atoms with E-state index in [1.165, 1.54) is 6.92 Å². The second kappa shape index (κ2) is 8.55. The van der Waals surface area contributed by atoms with Gasteiger partial charge in [-0.25, -0.2) is 0 Å². The minimum Gasteiger partial charge on any atom is -0.354 e. The van der Waals surface area contributed by atoms with Gasteiger partial charge in [0, 0.05) is 19.2 Å². The van der Waals surface area contributed by atoms with Crippen molar-refractivity contribution in [3.8, 4) is 0 Å². The van der Waals surface area contributed by atoms with Gasteiger partial charge in [-0.05, 0) is 20.0 Å². The van der Waals surface area contributed by atoms with E-state index in [0.717, 1.165) is 13.0 Å². The molecule has 0 aliphatic heterocycles. The van der Waals surface area contributed by atoms with Crippen molar-refractivity contribution in [2.24, 2.45) is 0 Å². The molecular weight excluding hydrogens is 214 g/mol. The van der Waals surface area contributed by atoms with Gasteiger partial charge in [0.05, 0.1) is 0 Å². The third kappa shape index (κ3) is 7.21. The molecule has 3 N–H and O–H groups in total. The molecule has 1 unspecified atom stereocenters. The van der Waals surface area contributed by atoms with Gasteiger partial charge in [0.2, 0.25) is 11.8 Å². The van der Waals surface area contributed by atoms with Gasteiger partial charge in [0.15, 0.2) is 0 Å². The minimum absolute atomic E-state index is 0.184. The zero-order chi connectivity index (χ0) is 11.7. The summed E-state index contributed by atoms with van der Waals surface area (Å²) in [5.41, 5.74) is 0. The number of carbonyl (C=O) groups excluding carboxylic acids is 2. The number of amides is 2. The second-order valence-electron chi connectivity index (χ2n) is 3.18. The van der Waals surface area contributed by atoms with Crippen LogP contribution < -0.4 is 16.0 Å². The molecule has 15 heavy (non-hydrogen) atoms. The molecule has 0 spiro atoms. The predicted molar refractivity (Wildman–Crippen MR) is 63.0 cm³/mol. The van der Waals surface area contributed by atoms with Gasteiger partial charge in [-0.2, -0.15) is 12.6 Å². The molecule has 0 aromatic rings. The fourth-order valence-electron chi connectivity index (χ4n) is 1.04. The Hall–Kier alpha value is -0.750. The van der Waals surface area contributed by atoms with Crippen LogP contribution in [0, 0.1) is 0 Å². The molecule has 0 saturated heterocycles. The van der Waals surface area contributed by atoms with Crippen LogP contribution >= 0.6 is 12.6 Å². The van der Waals surface area contributed by atoms with Gasteiger partial charge < -0.3 is 16.0 Å². The number of nitrogens with one attached hydrogen (secondary N) is 3. The monoisotopic (exact) mass is 233 g/mol. The van der Waals surface area contributed by atoms with Crippen LogP contribution in [0.25, 0.3) is 0 Å². The molecule has 1 atom stereocenters. The van der Waals surface area contributed by atoms with E-state index in [9.17, 15) is 9.59 Å². The Balaban J connectivity index is 3.78. The molecule has 88 valence electrons. The lowest BCUT2D eigenvalue weighted by Gasteiger charge is -2.15. The zero-order valence-electron chi connectivity index (χ0n) is 9.17. The average molecular weight is 233 g/mol. The molecule has 0 rings (SSSR count). The highest BCUT2D eigenvalue weighted by molar-refractivity contribution is 7.80. The second-order valence-corrected chi connectivity index (χ2v) is 3.55. The van der Waals surface area contributed by atoms with Crippen LogP contribution in [0.15, 0.2) is 0 Å². The summed E-state index contributed by atoms with van der Waals surface area (Å²) in [6.07, 6.45) is 0.863. The molecule has 0 saturated carbocycles. The molecule has 0 fully saturated rings. The van der Waals surface area contributed by atoms with Crippen molar-refractivity contribution in [1.82, 2.24) is 16.0 Å². The number of rotatable bonds is 7. The Morgan fingerprint density at radius 3 is 2.47 bits per heavy atom. The smallest absolute Gasteiger partial charge is 0.243 e. The molecule has 0 aliphatic carbocycles. The van der Waals surface area contributed by atoms with Crippen molar-refractivity contribution in [3.05, 3.63) is 0 Å². The number of hydrogen-bond acceptors (Lipinski definition) is 4. The Bertz CT molecular complexity index is 212. The van der Waals surface area contributed by atoms with Crippen molar-refractivity contribution in [1.29, 1.82) is 0 Å². The van der Waals surface area contributed by atoms with Gasteiger partial charge >= 0.3 is 0 Å². The molecule has 0 radical (unpaired) electrons. The fourth-order valence-corrected chi connectivity index (χ4v) is 1.30. The summed E-state index contributed by atoms with van der Waals surface area (Å²) in [5, 5.41) is 8.24.